The molecule has 1 amide bonds. The molecule has 0 N–H and O–H groups in total. The molecule has 3 heterocycles. The number of carbonyl (C=O) groups excluding carboxylic acids is 1. The van der Waals surface area contributed by atoms with Crippen LogP contribution in [0.5, 0.6) is 5.75 Å². The van der Waals surface area contributed by atoms with Gasteiger partial charge in [0, 0.05) is 29.1 Å². The molecule has 1 fully saturated rings. The first-order valence-electron chi connectivity index (χ1n) is 7.91. The van der Waals surface area contributed by atoms with E-state index in [0.29, 0.717) is 19.7 Å². The van der Waals surface area contributed by atoms with Gasteiger partial charge >= 0.3 is 0 Å². The van der Waals surface area contributed by atoms with E-state index >= 15 is 0 Å². The Hall–Kier alpha value is -1.85. The minimum atomic E-state index is 0.0846. The number of nitrogens with zero attached hydrogens (tertiary/aromatic N) is 1. The Morgan fingerprint density at radius 2 is 1.96 bits per heavy atom. The summed E-state index contributed by atoms with van der Waals surface area (Å²) in [5.74, 6) is 0.998. The molecule has 1 saturated heterocycles. The molecule has 0 spiro atoms. The van der Waals surface area contributed by atoms with Crippen LogP contribution in [-0.4, -0.2) is 36.1 Å². The SMILES string of the molecule is C[C@@H]1CN(C(=O)c2cc3c(s2)-c2ccccc2OC3)C[C@@H](C)O1. The van der Waals surface area contributed by atoms with Crippen LogP contribution in [-0.2, 0) is 11.3 Å². The Morgan fingerprint density at radius 3 is 2.74 bits per heavy atom. The fourth-order valence-corrected chi connectivity index (χ4v) is 4.47. The van der Waals surface area contributed by atoms with E-state index in [-0.39, 0.29) is 18.1 Å². The number of benzene rings is 1. The molecule has 120 valence electrons. The summed E-state index contributed by atoms with van der Waals surface area (Å²) >= 11 is 1.57. The Labute approximate surface area is 139 Å². The summed E-state index contributed by atoms with van der Waals surface area (Å²) in [6.07, 6.45) is 0.169. The summed E-state index contributed by atoms with van der Waals surface area (Å²) in [6, 6.07) is 9.99. The van der Waals surface area contributed by atoms with Crippen molar-refractivity contribution in [2.75, 3.05) is 13.1 Å². The molecule has 1 aromatic heterocycles. The summed E-state index contributed by atoms with van der Waals surface area (Å²) in [5, 5.41) is 0. The van der Waals surface area contributed by atoms with Crippen LogP contribution < -0.4 is 4.74 Å². The zero-order valence-corrected chi connectivity index (χ0v) is 14.1. The molecule has 4 rings (SSSR count). The molecule has 2 aliphatic rings. The standard InChI is InChI=1S/C18H19NO3S/c1-11-8-19(9-12(2)22-11)18(20)16-7-13-10-21-15-6-4-3-5-14(15)17(13)23-16/h3-7,11-12H,8-10H2,1-2H3/t11-,12-/m1/s1. The van der Waals surface area contributed by atoms with Gasteiger partial charge in [-0.05, 0) is 32.0 Å². The average Bonchev–Trinajstić information content (AvgIpc) is 2.98. The lowest BCUT2D eigenvalue weighted by Crippen LogP contribution is -2.48. The van der Waals surface area contributed by atoms with Crippen molar-refractivity contribution in [2.24, 2.45) is 0 Å². The zero-order valence-electron chi connectivity index (χ0n) is 13.2. The smallest absolute Gasteiger partial charge is 0.264 e. The largest absolute Gasteiger partial charge is 0.488 e. The molecular formula is C18H19NO3S. The molecule has 2 aliphatic heterocycles. The summed E-state index contributed by atoms with van der Waals surface area (Å²) in [7, 11) is 0. The van der Waals surface area contributed by atoms with E-state index in [2.05, 4.69) is 6.07 Å². The number of amides is 1. The molecule has 2 atom stereocenters. The molecule has 4 nitrogen and oxygen atoms in total. The van der Waals surface area contributed by atoms with Crippen LogP contribution in [0.3, 0.4) is 0 Å². The molecule has 0 aliphatic carbocycles. The highest BCUT2D eigenvalue weighted by Crippen LogP contribution is 2.42. The number of carbonyl (C=O) groups is 1. The van der Waals surface area contributed by atoms with Gasteiger partial charge in [0.25, 0.3) is 5.91 Å². The molecule has 0 bridgehead atoms. The molecule has 5 heteroatoms. The van der Waals surface area contributed by atoms with E-state index in [0.717, 1.165) is 26.6 Å². The van der Waals surface area contributed by atoms with E-state index in [1.807, 2.05) is 43.0 Å². The lowest BCUT2D eigenvalue weighted by Gasteiger charge is -2.35. The van der Waals surface area contributed by atoms with Gasteiger partial charge in [-0.25, -0.2) is 0 Å². The van der Waals surface area contributed by atoms with Crippen molar-refractivity contribution in [1.82, 2.24) is 4.90 Å². The number of hydrogen-bond acceptors (Lipinski definition) is 4. The predicted molar refractivity (Wildman–Crippen MR) is 90.0 cm³/mol. The van der Waals surface area contributed by atoms with E-state index < -0.39 is 0 Å². The summed E-state index contributed by atoms with van der Waals surface area (Å²) in [4.78, 5) is 16.7. The van der Waals surface area contributed by atoms with Crippen molar-refractivity contribution in [2.45, 2.75) is 32.7 Å². The number of rotatable bonds is 1. The van der Waals surface area contributed by atoms with Gasteiger partial charge in [0.15, 0.2) is 0 Å². The summed E-state index contributed by atoms with van der Waals surface area (Å²) in [5.41, 5.74) is 2.19. The van der Waals surface area contributed by atoms with Gasteiger partial charge in [-0.15, -0.1) is 11.3 Å². The second kappa shape index (κ2) is 5.65. The number of ether oxygens (including phenoxy) is 2. The number of thiophene rings is 1. The Morgan fingerprint density at radius 1 is 1.22 bits per heavy atom. The highest BCUT2D eigenvalue weighted by Gasteiger charge is 2.29. The monoisotopic (exact) mass is 329 g/mol. The Kier molecular flexibility index (Phi) is 3.62. The summed E-state index contributed by atoms with van der Waals surface area (Å²) < 4.78 is 11.5. The van der Waals surface area contributed by atoms with Crippen LogP contribution in [0.15, 0.2) is 30.3 Å². The van der Waals surface area contributed by atoms with Gasteiger partial charge in [0.05, 0.1) is 17.1 Å². The minimum absolute atomic E-state index is 0.0846. The summed E-state index contributed by atoms with van der Waals surface area (Å²) in [6.45, 7) is 5.86. The first-order valence-corrected chi connectivity index (χ1v) is 8.73. The first kappa shape index (κ1) is 14.7. The topological polar surface area (TPSA) is 38.8 Å². The van der Waals surface area contributed by atoms with Crippen molar-refractivity contribution in [3.63, 3.8) is 0 Å². The third-order valence-corrected chi connectivity index (χ3v) is 5.44. The molecular weight excluding hydrogens is 310 g/mol. The lowest BCUT2D eigenvalue weighted by atomic mass is 10.1. The van der Waals surface area contributed by atoms with Crippen molar-refractivity contribution in [1.29, 1.82) is 0 Å². The third kappa shape index (κ3) is 2.64. The van der Waals surface area contributed by atoms with Gasteiger partial charge in [-0.2, -0.15) is 0 Å². The Bertz CT molecular complexity index is 744. The second-order valence-corrected chi connectivity index (χ2v) is 7.27. The second-order valence-electron chi connectivity index (χ2n) is 6.22. The van der Waals surface area contributed by atoms with Gasteiger partial charge in [0.2, 0.25) is 0 Å². The molecule has 0 radical (unpaired) electrons. The Balaban J connectivity index is 1.65. The van der Waals surface area contributed by atoms with Crippen molar-refractivity contribution in [3.05, 3.63) is 40.8 Å². The third-order valence-electron chi connectivity index (χ3n) is 4.24. The van der Waals surface area contributed by atoms with Gasteiger partial charge < -0.3 is 14.4 Å². The van der Waals surface area contributed by atoms with Crippen LogP contribution in [0.2, 0.25) is 0 Å². The zero-order chi connectivity index (χ0) is 16.0. The number of para-hydroxylation sites is 1. The van der Waals surface area contributed by atoms with Gasteiger partial charge in [-0.3, -0.25) is 4.79 Å². The average molecular weight is 329 g/mol. The van der Waals surface area contributed by atoms with E-state index in [4.69, 9.17) is 9.47 Å². The van der Waals surface area contributed by atoms with E-state index in [9.17, 15) is 4.79 Å². The van der Waals surface area contributed by atoms with Crippen LogP contribution >= 0.6 is 11.3 Å². The van der Waals surface area contributed by atoms with Crippen molar-refractivity contribution >= 4 is 17.2 Å². The first-order chi connectivity index (χ1) is 11.1. The van der Waals surface area contributed by atoms with Crippen LogP contribution in [0.1, 0.15) is 29.1 Å². The van der Waals surface area contributed by atoms with Crippen LogP contribution in [0.4, 0.5) is 0 Å². The maximum Gasteiger partial charge on any atom is 0.264 e. The predicted octanol–water partition coefficient (Wildman–Crippen LogP) is 3.56. The van der Waals surface area contributed by atoms with Crippen molar-refractivity contribution in [3.8, 4) is 16.2 Å². The highest BCUT2D eigenvalue weighted by atomic mass is 32.1. The molecule has 0 unspecified atom stereocenters. The fourth-order valence-electron chi connectivity index (χ4n) is 3.30. The maximum atomic E-state index is 12.9. The fraction of sp³-hybridized carbons (Fsp3) is 0.389. The van der Waals surface area contributed by atoms with E-state index in [1.165, 1.54) is 0 Å². The quantitative estimate of drug-likeness (QED) is 0.803. The maximum absolute atomic E-state index is 12.9. The number of fused-ring (bicyclic) bond motifs is 3. The highest BCUT2D eigenvalue weighted by molar-refractivity contribution is 7.17. The number of morpholine rings is 1. The van der Waals surface area contributed by atoms with Gasteiger partial charge in [0.1, 0.15) is 12.4 Å². The van der Waals surface area contributed by atoms with Crippen LogP contribution in [0, 0.1) is 0 Å². The van der Waals surface area contributed by atoms with E-state index in [1.54, 1.807) is 11.3 Å². The van der Waals surface area contributed by atoms with Gasteiger partial charge in [-0.1, -0.05) is 12.1 Å². The molecule has 2 aromatic rings. The molecule has 23 heavy (non-hydrogen) atoms. The molecule has 1 aromatic carbocycles. The number of hydrogen-bond donors (Lipinski definition) is 0. The van der Waals surface area contributed by atoms with Crippen LogP contribution in [0.25, 0.3) is 10.4 Å². The normalized spacial score (nSPS) is 23.0. The molecule has 0 saturated carbocycles. The minimum Gasteiger partial charge on any atom is -0.488 e. The lowest BCUT2D eigenvalue weighted by molar-refractivity contribution is -0.0585. The van der Waals surface area contributed by atoms with Crippen molar-refractivity contribution < 1.29 is 14.3 Å².